The van der Waals surface area contributed by atoms with Gasteiger partial charge in [0.05, 0.1) is 12.7 Å². The minimum Gasteiger partial charge on any atom is -0.489 e. The summed E-state index contributed by atoms with van der Waals surface area (Å²) in [7, 11) is 1.22. The molecule has 0 heterocycles. The highest BCUT2D eigenvalue weighted by Gasteiger charge is 2.12. The minimum absolute atomic E-state index is 0.0748. The van der Waals surface area contributed by atoms with Crippen LogP contribution in [0.3, 0.4) is 0 Å². The summed E-state index contributed by atoms with van der Waals surface area (Å²) in [5.74, 6) is -0.548. The van der Waals surface area contributed by atoms with E-state index in [1.807, 2.05) is 24.3 Å². The molecular weight excluding hydrogens is 271 g/mol. The summed E-state index contributed by atoms with van der Waals surface area (Å²) < 4.78 is 23.9. The van der Waals surface area contributed by atoms with Crippen LogP contribution in [0.25, 0.3) is 0 Å². The third-order valence-electron chi connectivity index (χ3n) is 3.15. The van der Waals surface area contributed by atoms with E-state index in [1.165, 1.54) is 24.8 Å². The molecule has 0 spiro atoms. The first kappa shape index (κ1) is 15.0. The maximum absolute atomic E-state index is 13.8. The van der Waals surface area contributed by atoms with E-state index >= 15 is 0 Å². The number of hydrogen-bond acceptors (Lipinski definition) is 3. The first-order valence-corrected chi connectivity index (χ1v) is 6.72. The molecule has 21 heavy (non-hydrogen) atoms. The quantitative estimate of drug-likeness (QED) is 0.786. The minimum atomic E-state index is -0.685. The molecule has 0 unspecified atom stereocenters. The van der Waals surface area contributed by atoms with E-state index in [-0.39, 0.29) is 12.2 Å². The Morgan fingerprint density at radius 3 is 2.62 bits per heavy atom. The predicted octanol–water partition coefficient (Wildman–Crippen LogP) is 3.75. The highest BCUT2D eigenvalue weighted by Crippen LogP contribution is 2.17. The van der Waals surface area contributed by atoms with Crippen LogP contribution in [0.15, 0.2) is 42.5 Å². The van der Waals surface area contributed by atoms with Crippen LogP contribution in [0.1, 0.15) is 28.4 Å². The topological polar surface area (TPSA) is 35.5 Å². The fourth-order valence-electron chi connectivity index (χ4n) is 1.95. The van der Waals surface area contributed by atoms with Gasteiger partial charge in [-0.3, -0.25) is 0 Å². The second-order valence-electron chi connectivity index (χ2n) is 4.60. The number of carbonyl (C=O) groups excluding carboxylic acids is 1. The van der Waals surface area contributed by atoms with Gasteiger partial charge in [0.1, 0.15) is 18.2 Å². The van der Waals surface area contributed by atoms with Crippen LogP contribution in [0.2, 0.25) is 0 Å². The van der Waals surface area contributed by atoms with Crippen LogP contribution in [0.5, 0.6) is 5.75 Å². The highest BCUT2D eigenvalue weighted by atomic mass is 19.1. The Morgan fingerprint density at radius 2 is 1.95 bits per heavy atom. The highest BCUT2D eigenvalue weighted by molar-refractivity contribution is 5.89. The van der Waals surface area contributed by atoms with Crippen molar-refractivity contribution in [1.29, 1.82) is 0 Å². The second kappa shape index (κ2) is 6.88. The zero-order valence-corrected chi connectivity index (χ0v) is 12.1. The molecule has 0 fully saturated rings. The smallest absolute Gasteiger partial charge is 0.340 e. The van der Waals surface area contributed by atoms with Crippen LogP contribution >= 0.6 is 0 Å². The van der Waals surface area contributed by atoms with Gasteiger partial charge in [0, 0.05) is 0 Å². The van der Waals surface area contributed by atoms with Gasteiger partial charge >= 0.3 is 5.97 Å². The Hall–Kier alpha value is -2.36. The molecule has 3 nitrogen and oxygen atoms in total. The van der Waals surface area contributed by atoms with Crippen LogP contribution in [-0.4, -0.2) is 13.1 Å². The summed E-state index contributed by atoms with van der Waals surface area (Å²) in [5.41, 5.74) is 1.76. The molecule has 0 aliphatic rings. The van der Waals surface area contributed by atoms with Crippen molar-refractivity contribution in [1.82, 2.24) is 0 Å². The number of halogens is 1. The Kier molecular flexibility index (Phi) is 4.93. The molecular formula is C17H17FO3. The SMILES string of the molecule is CCc1cccc(OCc2ccc(C(=O)OC)c(F)c2)c1. The number of esters is 1. The Morgan fingerprint density at radius 1 is 1.14 bits per heavy atom. The summed E-state index contributed by atoms with van der Waals surface area (Å²) in [5, 5.41) is 0. The summed E-state index contributed by atoms with van der Waals surface area (Å²) in [6, 6.07) is 12.1. The molecule has 110 valence electrons. The summed E-state index contributed by atoms with van der Waals surface area (Å²) >= 11 is 0. The molecule has 0 radical (unpaired) electrons. The number of benzene rings is 2. The van der Waals surface area contributed by atoms with E-state index in [2.05, 4.69) is 11.7 Å². The van der Waals surface area contributed by atoms with E-state index in [9.17, 15) is 9.18 Å². The lowest BCUT2D eigenvalue weighted by atomic mass is 10.1. The average molecular weight is 288 g/mol. The van der Waals surface area contributed by atoms with Gasteiger partial charge in [0.15, 0.2) is 0 Å². The van der Waals surface area contributed by atoms with Crippen LogP contribution in [0.4, 0.5) is 4.39 Å². The average Bonchev–Trinajstić information content (AvgIpc) is 2.52. The van der Waals surface area contributed by atoms with E-state index in [0.29, 0.717) is 5.56 Å². The molecule has 0 aromatic heterocycles. The van der Waals surface area contributed by atoms with E-state index in [4.69, 9.17) is 4.74 Å². The number of carbonyl (C=O) groups is 1. The summed E-state index contributed by atoms with van der Waals surface area (Å²) in [4.78, 5) is 11.3. The zero-order chi connectivity index (χ0) is 15.2. The number of aryl methyl sites for hydroxylation is 1. The lowest BCUT2D eigenvalue weighted by Gasteiger charge is -2.08. The van der Waals surface area contributed by atoms with Gasteiger partial charge in [-0.2, -0.15) is 0 Å². The molecule has 4 heteroatoms. The number of methoxy groups -OCH3 is 1. The second-order valence-corrected chi connectivity index (χ2v) is 4.60. The third kappa shape index (κ3) is 3.81. The lowest BCUT2D eigenvalue weighted by molar-refractivity contribution is 0.0595. The first-order chi connectivity index (χ1) is 10.1. The Bertz CT molecular complexity index is 638. The normalized spacial score (nSPS) is 10.2. The van der Waals surface area contributed by atoms with Crippen molar-refractivity contribution in [3.8, 4) is 5.75 Å². The van der Waals surface area contributed by atoms with Crippen molar-refractivity contribution in [2.24, 2.45) is 0 Å². The molecule has 0 amide bonds. The van der Waals surface area contributed by atoms with E-state index in [1.54, 1.807) is 6.07 Å². The fraction of sp³-hybridized carbons (Fsp3) is 0.235. The number of rotatable bonds is 5. The third-order valence-corrected chi connectivity index (χ3v) is 3.15. The molecule has 0 aliphatic heterocycles. The van der Waals surface area contributed by atoms with Gasteiger partial charge < -0.3 is 9.47 Å². The maximum Gasteiger partial charge on any atom is 0.340 e. The molecule has 2 aromatic rings. The van der Waals surface area contributed by atoms with Crippen LogP contribution in [0, 0.1) is 5.82 Å². The van der Waals surface area contributed by atoms with Gasteiger partial charge in [-0.1, -0.05) is 25.1 Å². The van der Waals surface area contributed by atoms with Crippen molar-refractivity contribution in [3.63, 3.8) is 0 Å². The molecule has 0 bridgehead atoms. The van der Waals surface area contributed by atoms with Gasteiger partial charge in [0.2, 0.25) is 0 Å². The number of hydrogen-bond donors (Lipinski definition) is 0. The Labute approximate surface area is 123 Å². The molecule has 2 aromatic carbocycles. The molecule has 0 N–H and O–H groups in total. The molecule has 0 saturated heterocycles. The van der Waals surface area contributed by atoms with Gasteiger partial charge in [0.25, 0.3) is 0 Å². The molecule has 2 rings (SSSR count). The Balaban J connectivity index is 2.06. The van der Waals surface area contributed by atoms with Gasteiger partial charge in [-0.15, -0.1) is 0 Å². The summed E-state index contributed by atoms with van der Waals surface area (Å²) in [6.07, 6.45) is 0.930. The van der Waals surface area contributed by atoms with E-state index < -0.39 is 11.8 Å². The predicted molar refractivity (Wildman–Crippen MR) is 77.9 cm³/mol. The van der Waals surface area contributed by atoms with Gasteiger partial charge in [-0.05, 0) is 41.8 Å². The van der Waals surface area contributed by atoms with Gasteiger partial charge in [-0.25, -0.2) is 9.18 Å². The van der Waals surface area contributed by atoms with Crippen LogP contribution in [-0.2, 0) is 17.8 Å². The van der Waals surface area contributed by atoms with E-state index in [0.717, 1.165) is 12.2 Å². The first-order valence-electron chi connectivity index (χ1n) is 6.72. The lowest BCUT2D eigenvalue weighted by Crippen LogP contribution is -2.05. The molecule has 0 atom stereocenters. The van der Waals surface area contributed by atoms with Crippen molar-refractivity contribution in [2.45, 2.75) is 20.0 Å². The maximum atomic E-state index is 13.8. The molecule has 0 aliphatic carbocycles. The van der Waals surface area contributed by atoms with Crippen molar-refractivity contribution in [2.75, 3.05) is 7.11 Å². The van der Waals surface area contributed by atoms with Crippen molar-refractivity contribution >= 4 is 5.97 Å². The van der Waals surface area contributed by atoms with Crippen molar-refractivity contribution < 1.29 is 18.7 Å². The molecule has 0 saturated carbocycles. The fourth-order valence-corrected chi connectivity index (χ4v) is 1.95. The largest absolute Gasteiger partial charge is 0.489 e. The summed E-state index contributed by atoms with van der Waals surface area (Å²) in [6.45, 7) is 2.31. The standard InChI is InChI=1S/C17H17FO3/c1-3-12-5-4-6-14(9-12)21-11-13-7-8-15(16(18)10-13)17(19)20-2/h4-10H,3,11H2,1-2H3. The zero-order valence-electron chi connectivity index (χ0n) is 12.1. The monoisotopic (exact) mass is 288 g/mol. The van der Waals surface area contributed by atoms with Crippen molar-refractivity contribution in [3.05, 3.63) is 65.0 Å². The van der Waals surface area contributed by atoms with Crippen LogP contribution < -0.4 is 4.74 Å². The number of ether oxygens (including phenoxy) is 2.